The largest absolute Gasteiger partial charge is 0.342 e. The highest BCUT2D eigenvalue weighted by atomic mass is 16.2. The van der Waals surface area contributed by atoms with Gasteiger partial charge in [0.15, 0.2) is 0 Å². The molecule has 6 nitrogen and oxygen atoms in total. The number of hydrogen-bond donors (Lipinski definition) is 0. The van der Waals surface area contributed by atoms with Crippen molar-refractivity contribution in [3.63, 3.8) is 0 Å². The SMILES string of the molecule is CC(C)(C(=O)N1CCN(C=O)CC1)C(=O)N1CCc2ccccc21. The summed E-state index contributed by atoms with van der Waals surface area (Å²) in [7, 11) is 0. The van der Waals surface area contributed by atoms with Crippen LogP contribution in [0.15, 0.2) is 24.3 Å². The Labute approximate surface area is 142 Å². The van der Waals surface area contributed by atoms with Crippen molar-refractivity contribution in [2.75, 3.05) is 37.6 Å². The Bertz CT molecular complexity index is 663. The van der Waals surface area contributed by atoms with Crippen LogP contribution in [0.25, 0.3) is 0 Å². The molecule has 0 bridgehead atoms. The Kier molecular flexibility index (Phi) is 4.30. The Hall–Kier alpha value is -2.37. The summed E-state index contributed by atoms with van der Waals surface area (Å²) in [6, 6.07) is 7.84. The maximum Gasteiger partial charge on any atom is 0.242 e. The summed E-state index contributed by atoms with van der Waals surface area (Å²) >= 11 is 0. The molecule has 0 unspecified atom stereocenters. The van der Waals surface area contributed by atoms with E-state index in [0.717, 1.165) is 24.1 Å². The van der Waals surface area contributed by atoms with Crippen LogP contribution in [-0.2, 0) is 20.8 Å². The molecule has 3 rings (SSSR count). The number of hydrogen-bond acceptors (Lipinski definition) is 3. The summed E-state index contributed by atoms with van der Waals surface area (Å²) in [5, 5.41) is 0. The zero-order valence-corrected chi connectivity index (χ0v) is 14.2. The van der Waals surface area contributed by atoms with Gasteiger partial charge in [0.2, 0.25) is 18.2 Å². The van der Waals surface area contributed by atoms with Crippen molar-refractivity contribution in [2.45, 2.75) is 20.3 Å². The van der Waals surface area contributed by atoms with Gasteiger partial charge in [-0.05, 0) is 31.9 Å². The molecule has 0 saturated carbocycles. The van der Waals surface area contributed by atoms with Crippen molar-refractivity contribution in [3.05, 3.63) is 29.8 Å². The Morgan fingerprint density at radius 3 is 2.33 bits per heavy atom. The van der Waals surface area contributed by atoms with E-state index in [1.807, 2.05) is 24.3 Å². The number of carbonyl (C=O) groups excluding carboxylic acids is 3. The number of rotatable bonds is 3. The van der Waals surface area contributed by atoms with Crippen molar-refractivity contribution in [3.8, 4) is 0 Å². The minimum absolute atomic E-state index is 0.157. The first-order valence-electron chi connectivity index (χ1n) is 8.34. The molecule has 1 saturated heterocycles. The molecule has 1 fully saturated rings. The smallest absolute Gasteiger partial charge is 0.242 e. The van der Waals surface area contributed by atoms with Crippen LogP contribution >= 0.6 is 0 Å². The molecule has 2 aliphatic heterocycles. The molecule has 3 amide bonds. The van der Waals surface area contributed by atoms with E-state index in [9.17, 15) is 14.4 Å². The molecule has 0 N–H and O–H groups in total. The molecule has 1 aromatic rings. The number of anilines is 1. The van der Waals surface area contributed by atoms with Gasteiger partial charge in [-0.15, -0.1) is 0 Å². The Balaban J connectivity index is 1.74. The molecule has 0 aliphatic carbocycles. The molecule has 1 aromatic carbocycles. The molecule has 0 radical (unpaired) electrons. The van der Waals surface area contributed by atoms with E-state index in [0.29, 0.717) is 32.7 Å². The predicted octanol–water partition coefficient (Wildman–Crippen LogP) is 0.903. The number of carbonyl (C=O) groups is 3. The summed E-state index contributed by atoms with van der Waals surface area (Å²) in [6.07, 6.45) is 1.63. The van der Waals surface area contributed by atoms with Gasteiger partial charge >= 0.3 is 0 Å². The van der Waals surface area contributed by atoms with Crippen LogP contribution in [0.3, 0.4) is 0 Å². The number of piperazine rings is 1. The average molecular weight is 329 g/mol. The van der Waals surface area contributed by atoms with Crippen LogP contribution in [0.1, 0.15) is 19.4 Å². The van der Waals surface area contributed by atoms with E-state index >= 15 is 0 Å². The molecule has 0 spiro atoms. The fourth-order valence-electron chi connectivity index (χ4n) is 3.40. The molecule has 2 aliphatic rings. The van der Waals surface area contributed by atoms with Crippen molar-refractivity contribution in [1.82, 2.24) is 9.80 Å². The van der Waals surface area contributed by atoms with Gasteiger partial charge in [-0.1, -0.05) is 18.2 Å². The first kappa shape index (κ1) is 16.5. The summed E-state index contributed by atoms with van der Waals surface area (Å²) in [5.41, 5.74) is 0.948. The van der Waals surface area contributed by atoms with Gasteiger partial charge in [0.1, 0.15) is 5.41 Å². The fraction of sp³-hybridized carbons (Fsp3) is 0.500. The highest BCUT2D eigenvalue weighted by Gasteiger charge is 2.43. The Morgan fingerprint density at radius 1 is 1.00 bits per heavy atom. The zero-order valence-electron chi connectivity index (χ0n) is 14.2. The topological polar surface area (TPSA) is 60.9 Å². The minimum atomic E-state index is -1.11. The van der Waals surface area contributed by atoms with Crippen LogP contribution in [0.4, 0.5) is 5.69 Å². The molecule has 0 aromatic heterocycles. The summed E-state index contributed by atoms with van der Waals surface area (Å²) in [6.45, 7) is 6.01. The summed E-state index contributed by atoms with van der Waals surface area (Å²) in [5.74, 6) is -0.322. The monoisotopic (exact) mass is 329 g/mol. The second-order valence-corrected chi connectivity index (χ2v) is 6.89. The van der Waals surface area contributed by atoms with E-state index in [-0.39, 0.29) is 11.8 Å². The maximum absolute atomic E-state index is 13.0. The van der Waals surface area contributed by atoms with Crippen molar-refractivity contribution in [1.29, 1.82) is 0 Å². The quantitative estimate of drug-likeness (QED) is 0.611. The van der Waals surface area contributed by atoms with Gasteiger partial charge in [0.25, 0.3) is 0 Å². The lowest BCUT2D eigenvalue weighted by atomic mass is 9.89. The van der Waals surface area contributed by atoms with E-state index in [1.165, 1.54) is 0 Å². The van der Waals surface area contributed by atoms with Gasteiger partial charge in [-0.3, -0.25) is 14.4 Å². The van der Waals surface area contributed by atoms with Gasteiger partial charge < -0.3 is 14.7 Å². The lowest BCUT2D eigenvalue weighted by Gasteiger charge is -2.38. The first-order valence-corrected chi connectivity index (χ1v) is 8.34. The van der Waals surface area contributed by atoms with Crippen LogP contribution in [0.2, 0.25) is 0 Å². The van der Waals surface area contributed by atoms with E-state index in [1.54, 1.807) is 28.5 Å². The number of para-hydroxylation sites is 1. The second-order valence-electron chi connectivity index (χ2n) is 6.89. The standard InChI is InChI=1S/C18H23N3O3/c1-18(2,16(23)20-11-9-19(13-22)10-12-20)17(24)21-8-7-14-5-3-4-6-15(14)21/h3-6,13H,7-12H2,1-2H3. The third-order valence-electron chi connectivity index (χ3n) is 4.95. The number of benzene rings is 1. The fourth-order valence-corrected chi connectivity index (χ4v) is 3.40. The maximum atomic E-state index is 13.0. The number of fused-ring (bicyclic) bond motifs is 1. The van der Waals surface area contributed by atoms with E-state index < -0.39 is 5.41 Å². The highest BCUT2D eigenvalue weighted by Crippen LogP contribution is 2.32. The molecule has 6 heteroatoms. The van der Waals surface area contributed by atoms with Crippen LogP contribution in [0.5, 0.6) is 0 Å². The van der Waals surface area contributed by atoms with Gasteiger partial charge in [0, 0.05) is 38.4 Å². The highest BCUT2D eigenvalue weighted by molar-refractivity contribution is 6.11. The van der Waals surface area contributed by atoms with Crippen molar-refractivity contribution in [2.24, 2.45) is 5.41 Å². The summed E-state index contributed by atoms with van der Waals surface area (Å²) < 4.78 is 0. The summed E-state index contributed by atoms with van der Waals surface area (Å²) in [4.78, 5) is 41.8. The zero-order chi connectivity index (χ0) is 17.3. The Morgan fingerprint density at radius 2 is 1.67 bits per heavy atom. The van der Waals surface area contributed by atoms with Gasteiger partial charge in [0.05, 0.1) is 0 Å². The molecular formula is C18H23N3O3. The lowest BCUT2D eigenvalue weighted by Crippen LogP contribution is -2.55. The van der Waals surface area contributed by atoms with Crippen LogP contribution in [-0.4, -0.2) is 60.7 Å². The van der Waals surface area contributed by atoms with E-state index in [4.69, 9.17) is 0 Å². The average Bonchev–Trinajstić information content (AvgIpc) is 3.04. The first-order chi connectivity index (χ1) is 11.4. The van der Waals surface area contributed by atoms with Crippen LogP contribution in [0, 0.1) is 5.41 Å². The molecule has 128 valence electrons. The third-order valence-corrected chi connectivity index (χ3v) is 4.95. The third kappa shape index (κ3) is 2.77. The predicted molar refractivity (Wildman–Crippen MR) is 90.5 cm³/mol. The van der Waals surface area contributed by atoms with E-state index in [2.05, 4.69) is 0 Å². The lowest BCUT2D eigenvalue weighted by molar-refractivity contribution is -0.149. The molecule has 0 atom stereocenters. The molecule has 24 heavy (non-hydrogen) atoms. The van der Waals surface area contributed by atoms with Crippen molar-refractivity contribution < 1.29 is 14.4 Å². The minimum Gasteiger partial charge on any atom is -0.342 e. The number of amides is 3. The van der Waals surface area contributed by atoms with Crippen LogP contribution < -0.4 is 4.90 Å². The number of nitrogens with zero attached hydrogens (tertiary/aromatic N) is 3. The molecule has 2 heterocycles. The van der Waals surface area contributed by atoms with Crippen molar-refractivity contribution >= 4 is 23.9 Å². The normalized spacial score (nSPS) is 17.7. The second kappa shape index (κ2) is 6.26. The van der Waals surface area contributed by atoms with Gasteiger partial charge in [-0.25, -0.2) is 0 Å². The van der Waals surface area contributed by atoms with Gasteiger partial charge in [-0.2, -0.15) is 0 Å². The molecular weight excluding hydrogens is 306 g/mol.